The third kappa shape index (κ3) is 4.18. The van der Waals surface area contributed by atoms with Gasteiger partial charge in [0.05, 0.1) is 0 Å². The first-order chi connectivity index (χ1) is 9.11. The number of carbonyl (C=O) groups is 2. The molecular weight excluding hydrogens is 270 g/mol. The van der Waals surface area contributed by atoms with Crippen LogP contribution in [-0.2, 0) is 4.79 Å². The monoisotopic (exact) mass is 286 g/mol. The smallest absolute Gasteiger partial charge is 0.326 e. The fourth-order valence-electron chi connectivity index (χ4n) is 1.52. The van der Waals surface area contributed by atoms with Crippen LogP contribution in [0.15, 0.2) is 18.2 Å². The van der Waals surface area contributed by atoms with Crippen molar-refractivity contribution in [3.05, 3.63) is 29.8 Å². The molecule has 0 heterocycles. The van der Waals surface area contributed by atoms with Crippen LogP contribution >= 0.6 is 0 Å². The van der Waals surface area contributed by atoms with Gasteiger partial charge >= 0.3 is 12.0 Å². The predicted octanol–water partition coefficient (Wildman–Crippen LogP) is 2.59. The number of hydrogen-bond acceptors (Lipinski definition) is 2. The number of nitrogens with one attached hydrogen (secondary N) is 2. The molecule has 0 aliphatic carbocycles. The molecule has 0 bridgehead atoms. The van der Waals surface area contributed by atoms with Crippen LogP contribution in [0, 0.1) is 17.0 Å². The molecule has 0 fully saturated rings. The van der Waals surface area contributed by atoms with Crippen LogP contribution in [0.4, 0.5) is 19.3 Å². The molecule has 0 unspecified atom stereocenters. The molecule has 0 saturated carbocycles. The SMILES string of the molecule is CC(C)(C)[C@@H](NC(=O)Nc1ccc(F)c(F)c1)C(=O)O. The van der Waals surface area contributed by atoms with Crippen LogP contribution in [-0.4, -0.2) is 23.1 Å². The molecule has 7 heteroatoms. The molecular formula is C13H16F2N2O3. The van der Waals surface area contributed by atoms with Gasteiger partial charge in [0, 0.05) is 11.8 Å². The van der Waals surface area contributed by atoms with E-state index in [4.69, 9.17) is 5.11 Å². The van der Waals surface area contributed by atoms with E-state index in [-0.39, 0.29) is 5.69 Å². The highest BCUT2D eigenvalue weighted by molar-refractivity contribution is 5.92. The number of carboxylic acids is 1. The molecule has 0 radical (unpaired) electrons. The van der Waals surface area contributed by atoms with Crippen molar-refractivity contribution in [2.24, 2.45) is 5.41 Å². The van der Waals surface area contributed by atoms with Gasteiger partial charge in [0.2, 0.25) is 0 Å². The Labute approximate surface area is 115 Å². The van der Waals surface area contributed by atoms with Gasteiger partial charge in [0.1, 0.15) is 6.04 Å². The second-order valence-corrected chi connectivity index (χ2v) is 5.36. The van der Waals surface area contributed by atoms with Gasteiger partial charge in [-0.15, -0.1) is 0 Å². The van der Waals surface area contributed by atoms with Crippen molar-refractivity contribution in [1.82, 2.24) is 5.32 Å². The fourth-order valence-corrected chi connectivity index (χ4v) is 1.52. The summed E-state index contributed by atoms with van der Waals surface area (Å²) in [7, 11) is 0. The Bertz CT molecular complexity index is 527. The van der Waals surface area contributed by atoms with Crippen LogP contribution in [0.5, 0.6) is 0 Å². The van der Waals surface area contributed by atoms with Gasteiger partial charge in [-0.3, -0.25) is 0 Å². The summed E-state index contributed by atoms with van der Waals surface area (Å²) in [5.74, 6) is -3.32. The topological polar surface area (TPSA) is 78.4 Å². The van der Waals surface area contributed by atoms with Crippen molar-refractivity contribution in [3.63, 3.8) is 0 Å². The molecule has 2 amide bonds. The maximum atomic E-state index is 13.0. The van der Waals surface area contributed by atoms with Gasteiger partial charge in [-0.2, -0.15) is 0 Å². The number of amides is 2. The normalized spacial score (nSPS) is 12.7. The highest BCUT2D eigenvalue weighted by Gasteiger charge is 2.32. The molecule has 0 aliphatic rings. The Morgan fingerprint density at radius 1 is 1.20 bits per heavy atom. The maximum Gasteiger partial charge on any atom is 0.326 e. The fraction of sp³-hybridized carbons (Fsp3) is 0.385. The first-order valence-electron chi connectivity index (χ1n) is 5.86. The summed E-state index contributed by atoms with van der Waals surface area (Å²) in [4.78, 5) is 22.7. The Hall–Kier alpha value is -2.18. The summed E-state index contributed by atoms with van der Waals surface area (Å²) in [5, 5.41) is 13.6. The van der Waals surface area contributed by atoms with Crippen LogP contribution in [0.25, 0.3) is 0 Å². The van der Waals surface area contributed by atoms with E-state index in [1.54, 1.807) is 20.8 Å². The van der Waals surface area contributed by atoms with Gasteiger partial charge < -0.3 is 15.7 Å². The predicted molar refractivity (Wildman–Crippen MR) is 69.4 cm³/mol. The number of hydrogen-bond donors (Lipinski definition) is 3. The van der Waals surface area contributed by atoms with E-state index in [0.29, 0.717) is 0 Å². The van der Waals surface area contributed by atoms with E-state index >= 15 is 0 Å². The highest BCUT2D eigenvalue weighted by Crippen LogP contribution is 2.20. The number of carboxylic acid groups (broad SMARTS) is 1. The lowest BCUT2D eigenvalue weighted by Crippen LogP contribution is -2.50. The minimum absolute atomic E-state index is 0.0273. The van der Waals surface area contributed by atoms with Gasteiger partial charge in [-0.25, -0.2) is 18.4 Å². The molecule has 0 aromatic heterocycles. The second kappa shape index (κ2) is 5.85. The number of urea groups is 1. The van der Waals surface area contributed by atoms with Gasteiger partial charge in [-0.1, -0.05) is 20.8 Å². The zero-order chi connectivity index (χ0) is 15.5. The quantitative estimate of drug-likeness (QED) is 0.799. The lowest BCUT2D eigenvalue weighted by molar-refractivity contribution is -0.141. The van der Waals surface area contributed by atoms with Crippen LogP contribution in [0.2, 0.25) is 0 Å². The molecule has 20 heavy (non-hydrogen) atoms. The van der Waals surface area contributed by atoms with E-state index in [0.717, 1.165) is 12.1 Å². The molecule has 1 aromatic rings. The molecule has 110 valence electrons. The number of aliphatic carboxylic acids is 1. The number of anilines is 1. The number of benzene rings is 1. The van der Waals surface area contributed by atoms with Crippen molar-refractivity contribution in [2.75, 3.05) is 5.32 Å². The standard InChI is InChI=1S/C13H16F2N2O3/c1-13(2,3)10(11(18)19)17-12(20)16-7-4-5-8(14)9(15)6-7/h4-6,10H,1-3H3,(H,18,19)(H2,16,17,20)/t10-/m0/s1. The average molecular weight is 286 g/mol. The molecule has 1 atom stereocenters. The van der Waals surface area contributed by atoms with E-state index in [1.165, 1.54) is 6.07 Å². The molecule has 3 N–H and O–H groups in total. The Morgan fingerprint density at radius 2 is 1.80 bits per heavy atom. The van der Waals surface area contributed by atoms with Crippen molar-refractivity contribution in [1.29, 1.82) is 0 Å². The molecule has 0 saturated heterocycles. The average Bonchev–Trinajstić information content (AvgIpc) is 2.29. The third-order valence-electron chi connectivity index (χ3n) is 2.57. The van der Waals surface area contributed by atoms with E-state index in [9.17, 15) is 18.4 Å². The Kier molecular flexibility index (Phi) is 4.65. The van der Waals surface area contributed by atoms with Crippen molar-refractivity contribution >= 4 is 17.7 Å². The second-order valence-electron chi connectivity index (χ2n) is 5.36. The van der Waals surface area contributed by atoms with E-state index in [1.807, 2.05) is 0 Å². The lowest BCUT2D eigenvalue weighted by Gasteiger charge is -2.27. The summed E-state index contributed by atoms with van der Waals surface area (Å²) < 4.78 is 25.7. The van der Waals surface area contributed by atoms with Gasteiger partial charge in [-0.05, 0) is 17.5 Å². The molecule has 0 spiro atoms. The summed E-state index contributed by atoms with van der Waals surface area (Å²) in [6.45, 7) is 4.97. The van der Waals surface area contributed by atoms with Crippen LogP contribution < -0.4 is 10.6 Å². The van der Waals surface area contributed by atoms with Crippen LogP contribution in [0.1, 0.15) is 20.8 Å². The summed E-state index contributed by atoms with van der Waals surface area (Å²) in [6, 6.07) is 0.918. The molecule has 1 aromatic carbocycles. The van der Waals surface area contributed by atoms with Crippen molar-refractivity contribution in [3.8, 4) is 0 Å². The van der Waals surface area contributed by atoms with Gasteiger partial charge in [0.15, 0.2) is 11.6 Å². The highest BCUT2D eigenvalue weighted by atomic mass is 19.2. The number of rotatable bonds is 3. The molecule has 1 rings (SSSR count). The van der Waals surface area contributed by atoms with E-state index < -0.39 is 35.1 Å². The minimum Gasteiger partial charge on any atom is -0.480 e. The van der Waals surface area contributed by atoms with Crippen molar-refractivity contribution in [2.45, 2.75) is 26.8 Å². The Morgan fingerprint density at radius 3 is 2.25 bits per heavy atom. The lowest BCUT2D eigenvalue weighted by atomic mass is 9.87. The number of carbonyl (C=O) groups excluding carboxylic acids is 1. The third-order valence-corrected chi connectivity index (χ3v) is 2.57. The maximum absolute atomic E-state index is 13.0. The summed E-state index contributed by atoms with van der Waals surface area (Å²) >= 11 is 0. The van der Waals surface area contributed by atoms with E-state index in [2.05, 4.69) is 10.6 Å². The zero-order valence-corrected chi connectivity index (χ0v) is 11.3. The Balaban J connectivity index is 2.76. The number of halogens is 2. The first kappa shape index (κ1) is 15.9. The first-order valence-corrected chi connectivity index (χ1v) is 5.86. The minimum atomic E-state index is -1.18. The summed E-state index contributed by atoms with van der Waals surface area (Å²) in [6.07, 6.45) is 0. The molecule has 5 nitrogen and oxygen atoms in total. The summed E-state index contributed by atoms with van der Waals surface area (Å²) in [5.41, 5.74) is -0.670. The largest absolute Gasteiger partial charge is 0.480 e. The van der Waals surface area contributed by atoms with Gasteiger partial charge in [0.25, 0.3) is 0 Å². The zero-order valence-electron chi connectivity index (χ0n) is 11.3. The molecule has 0 aliphatic heterocycles. The van der Waals surface area contributed by atoms with Crippen molar-refractivity contribution < 1.29 is 23.5 Å². The van der Waals surface area contributed by atoms with Crippen LogP contribution in [0.3, 0.4) is 0 Å².